The third-order valence-corrected chi connectivity index (χ3v) is 4.53. The van der Waals surface area contributed by atoms with E-state index in [-0.39, 0.29) is 12.1 Å². The third kappa shape index (κ3) is 3.84. The molecule has 1 fully saturated rings. The first-order valence-corrected chi connectivity index (χ1v) is 8.91. The molecule has 3 heterocycles. The average molecular weight is 333 g/mol. The molecule has 2 aromatic rings. The molecule has 0 aliphatic carbocycles. The first kappa shape index (κ1) is 17.1. The summed E-state index contributed by atoms with van der Waals surface area (Å²) in [5, 5.41) is 11.9. The number of aryl methyl sites for hydroxylation is 2. The van der Waals surface area contributed by atoms with Crippen molar-refractivity contribution in [2.75, 3.05) is 13.2 Å². The van der Waals surface area contributed by atoms with E-state index in [9.17, 15) is 0 Å². The van der Waals surface area contributed by atoms with Gasteiger partial charge in [-0.25, -0.2) is 0 Å². The van der Waals surface area contributed by atoms with Crippen molar-refractivity contribution in [2.24, 2.45) is 5.92 Å². The molecule has 0 radical (unpaired) electrons. The predicted molar refractivity (Wildman–Crippen MR) is 89.4 cm³/mol. The van der Waals surface area contributed by atoms with E-state index in [0.29, 0.717) is 11.8 Å². The van der Waals surface area contributed by atoms with E-state index in [0.717, 1.165) is 50.3 Å². The molecular formula is C17H27N5O2. The van der Waals surface area contributed by atoms with Gasteiger partial charge in [0, 0.05) is 43.8 Å². The molecular weight excluding hydrogens is 306 g/mol. The highest BCUT2D eigenvalue weighted by molar-refractivity contribution is 5.11. The number of hydrogen-bond donors (Lipinski definition) is 1. The number of ether oxygens (including phenoxy) is 1. The summed E-state index contributed by atoms with van der Waals surface area (Å²) in [6.07, 6.45) is 7.05. The summed E-state index contributed by atoms with van der Waals surface area (Å²) in [7, 11) is 0. The molecule has 1 aliphatic rings. The fourth-order valence-electron chi connectivity index (χ4n) is 3.09. The zero-order chi connectivity index (χ0) is 16.9. The van der Waals surface area contributed by atoms with Crippen LogP contribution in [0.4, 0.5) is 0 Å². The van der Waals surface area contributed by atoms with Crippen molar-refractivity contribution < 1.29 is 9.26 Å². The lowest BCUT2D eigenvalue weighted by Gasteiger charge is -2.19. The van der Waals surface area contributed by atoms with Gasteiger partial charge in [0.05, 0.1) is 18.3 Å². The summed E-state index contributed by atoms with van der Waals surface area (Å²) < 4.78 is 13.2. The Balaban J connectivity index is 1.56. The van der Waals surface area contributed by atoms with Gasteiger partial charge in [0.25, 0.3) is 0 Å². The molecule has 0 aromatic carbocycles. The molecule has 0 bridgehead atoms. The van der Waals surface area contributed by atoms with Crippen LogP contribution in [0.1, 0.15) is 63.0 Å². The van der Waals surface area contributed by atoms with Crippen LogP contribution in [-0.4, -0.2) is 33.1 Å². The molecule has 1 N–H and O–H groups in total. The number of aromatic nitrogens is 4. The second-order valence-corrected chi connectivity index (χ2v) is 6.40. The fraction of sp³-hybridized carbons (Fsp3) is 0.706. The first-order chi connectivity index (χ1) is 11.7. The molecule has 0 amide bonds. The minimum atomic E-state index is 0.0442. The molecule has 132 valence electrons. The average Bonchev–Trinajstić information content (AvgIpc) is 3.32. The van der Waals surface area contributed by atoms with E-state index in [2.05, 4.69) is 47.5 Å². The van der Waals surface area contributed by atoms with E-state index >= 15 is 0 Å². The molecule has 0 saturated carbocycles. The minimum Gasteiger partial charge on any atom is -0.373 e. The van der Waals surface area contributed by atoms with Crippen molar-refractivity contribution >= 4 is 0 Å². The summed E-state index contributed by atoms with van der Waals surface area (Å²) in [5.41, 5.74) is 1.16. The highest BCUT2D eigenvalue weighted by atomic mass is 16.5. The second-order valence-electron chi connectivity index (χ2n) is 6.40. The lowest BCUT2D eigenvalue weighted by Crippen LogP contribution is -2.27. The van der Waals surface area contributed by atoms with Crippen LogP contribution in [0, 0.1) is 5.92 Å². The molecule has 7 nitrogen and oxygen atoms in total. The Kier molecular flexibility index (Phi) is 5.63. The topological polar surface area (TPSA) is 78.0 Å². The number of hydrogen-bond acceptors (Lipinski definition) is 6. The van der Waals surface area contributed by atoms with Crippen molar-refractivity contribution in [3.8, 4) is 0 Å². The lowest BCUT2D eigenvalue weighted by molar-refractivity contribution is 0.0895. The molecule has 7 heteroatoms. The van der Waals surface area contributed by atoms with Gasteiger partial charge >= 0.3 is 0 Å². The molecule has 3 rings (SSSR count). The Morgan fingerprint density at radius 2 is 2.29 bits per heavy atom. The Hall–Kier alpha value is -1.73. The summed E-state index contributed by atoms with van der Waals surface area (Å²) in [4.78, 5) is 4.45. The molecule has 1 saturated heterocycles. The van der Waals surface area contributed by atoms with E-state index < -0.39 is 0 Å². The maximum absolute atomic E-state index is 5.94. The van der Waals surface area contributed by atoms with Crippen LogP contribution in [0.2, 0.25) is 0 Å². The first-order valence-electron chi connectivity index (χ1n) is 8.91. The van der Waals surface area contributed by atoms with Gasteiger partial charge in [0.15, 0.2) is 5.82 Å². The van der Waals surface area contributed by atoms with Gasteiger partial charge < -0.3 is 14.6 Å². The molecule has 3 atom stereocenters. The van der Waals surface area contributed by atoms with Gasteiger partial charge in [-0.15, -0.1) is 0 Å². The molecule has 2 aromatic heterocycles. The Labute approximate surface area is 142 Å². The van der Waals surface area contributed by atoms with Gasteiger partial charge in [-0.3, -0.25) is 4.68 Å². The van der Waals surface area contributed by atoms with E-state index in [4.69, 9.17) is 9.26 Å². The van der Waals surface area contributed by atoms with Crippen molar-refractivity contribution in [3.05, 3.63) is 29.7 Å². The molecule has 24 heavy (non-hydrogen) atoms. The van der Waals surface area contributed by atoms with Crippen molar-refractivity contribution in [2.45, 2.75) is 58.7 Å². The minimum absolute atomic E-state index is 0.0442. The summed E-state index contributed by atoms with van der Waals surface area (Å²) in [6.45, 7) is 8.79. The molecule has 0 spiro atoms. The third-order valence-electron chi connectivity index (χ3n) is 4.53. The van der Waals surface area contributed by atoms with E-state index in [1.807, 2.05) is 10.9 Å². The maximum Gasteiger partial charge on any atom is 0.243 e. The van der Waals surface area contributed by atoms with Gasteiger partial charge in [-0.05, 0) is 26.7 Å². The Morgan fingerprint density at radius 3 is 3.04 bits per heavy atom. The maximum atomic E-state index is 5.94. The number of nitrogens with zero attached hydrogens (tertiary/aromatic N) is 4. The Bertz CT molecular complexity index is 638. The zero-order valence-electron chi connectivity index (χ0n) is 14.7. The van der Waals surface area contributed by atoms with Crippen LogP contribution in [0.3, 0.4) is 0 Å². The largest absolute Gasteiger partial charge is 0.373 e. The van der Waals surface area contributed by atoms with E-state index in [1.54, 1.807) is 0 Å². The van der Waals surface area contributed by atoms with Crippen molar-refractivity contribution in [3.63, 3.8) is 0 Å². The van der Waals surface area contributed by atoms with Gasteiger partial charge in [0.2, 0.25) is 5.89 Å². The highest BCUT2D eigenvalue weighted by Crippen LogP contribution is 2.34. The van der Waals surface area contributed by atoms with E-state index in [1.165, 1.54) is 0 Å². The normalized spacial score (nSPS) is 22.1. The monoisotopic (exact) mass is 333 g/mol. The van der Waals surface area contributed by atoms with Gasteiger partial charge in [-0.2, -0.15) is 10.1 Å². The molecule has 3 unspecified atom stereocenters. The van der Waals surface area contributed by atoms with Crippen molar-refractivity contribution in [1.82, 2.24) is 25.2 Å². The van der Waals surface area contributed by atoms with Gasteiger partial charge in [-0.1, -0.05) is 12.1 Å². The fourth-order valence-corrected chi connectivity index (χ4v) is 3.09. The van der Waals surface area contributed by atoms with Crippen LogP contribution in [-0.2, 0) is 17.7 Å². The van der Waals surface area contributed by atoms with Crippen LogP contribution in [0.25, 0.3) is 0 Å². The Morgan fingerprint density at radius 1 is 1.42 bits per heavy atom. The molecule has 1 aliphatic heterocycles. The van der Waals surface area contributed by atoms with Crippen LogP contribution >= 0.6 is 0 Å². The standard InChI is InChI=1S/C17H27N5O2/c1-4-6-15-20-17(24-21-15)12(3)18-9-13-7-8-23-16(13)14-10-19-22(5-2)11-14/h10-13,16,18H,4-9H2,1-3H3. The van der Waals surface area contributed by atoms with Gasteiger partial charge in [0.1, 0.15) is 0 Å². The summed E-state index contributed by atoms with van der Waals surface area (Å²) in [6, 6.07) is 0.0442. The lowest BCUT2D eigenvalue weighted by atomic mass is 9.97. The summed E-state index contributed by atoms with van der Waals surface area (Å²) >= 11 is 0. The SMILES string of the molecule is CCCc1noc(C(C)NCC2CCOC2c2cnn(CC)c2)n1. The predicted octanol–water partition coefficient (Wildman–Crippen LogP) is 2.67. The summed E-state index contributed by atoms with van der Waals surface area (Å²) in [5.74, 6) is 1.88. The zero-order valence-corrected chi connectivity index (χ0v) is 14.7. The highest BCUT2D eigenvalue weighted by Gasteiger charge is 2.31. The van der Waals surface area contributed by atoms with Crippen LogP contribution < -0.4 is 5.32 Å². The smallest absolute Gasteiger partial charge is 0.243 e. The quantitative estimate of drug-likeness (QED) is 0.800. The van der Waals surface area contributed by atoms with Crippen LogP contribution in [0.5, 0.6) is 0 Å². The second kappa shape index (κ2) is 7.90. The number of rotatable bonds is 8. The van der Waals surface area contributed by atoms with Crippen LogP contribution in [0.15, 0.2) is 16.9 Å². The van der Waals surface area contributed by atoms with Crippen molar-refractivity contribution in [1.29, 1.82) is 0 Å². The number of nitrogens with one attached hydrogen (secondary N) is 1.